The molecule has 3 rings (SSSR count). The van der Waals surface area contributed by atoms with Gasteiger partial charge in [0.15, 0.2) is 18.1 Å². The molecule has 28 heavy (non-hydrogen) atoms. The predicted molar refractivity (Wildman–Crippen MR) is 109 cm³/mol. The van der Waals surface area contributed by atoms with Crippen LogP contribution in [0.15, 0.2) is 18.2 Å². The molecule has 0 aromatic heterocycles. The highest BCUT2D eigenvalue weighted by molar-refractivity contribution is 6.62. The van der Waals surface area contributed by atoms with E-state index < -0.39 is 18.3 Å². The van der Waals surface area contributed by atoms with E-state index in [2.05, 4.69) is 12.2 Å². The van der Waals surface area contributed by atoms with E-state index in [1.54, 1.807) is 13.2 Å². The SMILES string of the molecule is COc1cc(B2OC(C)(C)C(C)(C)O2)ccc1OCC(=O)NC1(C)CCCC1. The minimum absolute atomic E-state index is 0.0399. The van der Waals surface area contributed by atoms with Crippen LogP contribution in [0.1, 0.15) is 60.3 Å². The van der Waals surface area contributed by atoms with E-state index >= 15 is 0 Å². The molecule has 1 aliphatic heterocycles. The van der Waals surface area contributed by atoms with Gasteiger partial charge in [0.2, 0.25) is 0 Å². The molecule has 1 amide bonds. The third kappa shape index (κ3) is 4.30. The summed E-state index contributed by atoms with van der Waals surface area (Å²) in [5, 5.41) is 3.09. The van der Waals surface area contributed by atoms with Crippen LogP contribution in [0.2, 0.25) is 0 Å². The number of carbonyl (C=O) groups excluding carboxylic acids is 1. The monoisotopic (exact) mass is 389 g/mol. The molecule has 0 bridgehead atoms. The second-order valence-corrected chi connectivity index (χ2v) is 9.10. The zero-order valence-corrected chi connectivity index (χ0v) is 17.9. The Balaban J connectivity index is 1.64. The van der Waals surface area contributed by atoms with Crippen LogP contribution in [0.25, 0.3) is 0 Å². The molecule has 2 fully saturated rings. The number of amides is 1. The van der Waals surface area contributed by atoms with Crippen LogP contribution < -0.4 is 20.3 Å². The number of ether oxygens (including phenoxy) is 2. The molecular weight excluding hydrogens is 357 g/mol. The Hall–Kier alpha value is -1.73. The molecule has 1 saturated carbocycles. The molecule has 1 aliphatic carbocycles. The molecule has 0 atom stereocenters. The van der Waals surface area contributed by atoms with E-state index in [1.807, 2.05) is 39.8 Å². The average molecular weight is 389 g/mol. The van der Waals surface area contributed by atoms with Crippen molar-refractivity contribution in [2.24, 2.45) is 0 Å². The first kappa shape index (κ1) is 21.0. The lowest BCUT2D eigenvalue weighted by Crippen LogP contribution is -2.45. The van der Waals surface area contributed by atoms with Gasteiger partial charge >= 0.3 is 7.12 Å². The van der Waals surface area contributed by atoms with E-state index in [0.717, 1.165) is 31.1 Å². The van der Waals surface area contributed by atoms with Gasteiger partial charge in [0, 0.05) is 5.54 Å². The smallest absolute Gasteiger partial charge is 0.493 e. The van der Waals surface area contributed by atoms with Crippen molar-refractivity contribution < 1.29 is 23.6 Å². The summed E-state index contributed by atoms with van der Waals surface area (Å²) in [5.74, 6) is 0.961. The third-order valence-corrected chi connectivity index (χ3v) is 6.22. The standard InChI is InChI=1S/C21H32BNO5/c1-19(2)20(3,4)28-22(27-19)15-9-10-16(17(13-15)25-6)26-14-18(24)23-21(5)11-7-8-12-21/h9-10,13H,7-8,11-12,14H2,1-6H3,(H,23,24). The van der Waals surface area contributed by atoms with Crippen molar-refractivity contribution in [3.63, 3.8) is 0 Å². The van der Waals surface area contributed by atoms with Crippen LogP contribution in [-0.2, 0) is 14.1 Å². The molecule has 1 N–H and O–H groups in total. The topological polar surface area (TPSA) is 66.0 Å². The van der Waals surface area contributed by atoms with Gasteiger partial charge in [-0.25, -0.2) is 0 Å². The van der Waals surface area contributed by atoms with Crippen LogP contribution in [0, 0.1) is 0 Å². The molecule has 1 aromatic carbocycles. The first-order valence-electron chi connectivity index (χ1n) is 10.0. The largest absolute Gasteiger partial charge is 0.494 e. The van der Waals surface area contributed by atoms with Gasteiger partial charge in [-0.2, -0.15) is 0 Å². The molecule has 0 spiro atoms. The van der Waals surface area contributed by atoms with E-state index in [1.165, 1.54) is 0 Å². The molecule has 154 valence electrons. The van der Waals surface area contributed by atoms with Crippen molar-refractivity contribution in [3.05, 3.63) is 18.2 Å². The number of methoxy groups -OCH3 is 1. The summed E-state index contributed by atoms with van der Waals surface area (Å²) in [4.78, 5) is 12.3. The number of hydrogen-bond acceptors (Lipinski definition) is 5. The van der Waals surface area contributed by atoms with Crippen molar-refractivity contribution in [2.75, 3.05) is 13.7 Å². The Morgan fingerprint density at radius 2 is 1.68 bits per heavy atom. The van der Waals surface area contributed by atoms with Crippen molar-refractivity contribution in [1.29, 1.82) is 0 Å². The van der Waals surface area contributed by atoms with E-state index in [-0.39, 0.29) is 18.1 Å². The third-order valence-electron chi connectivity index (χ3n) is 6.22. The molecule has 1 aromatic rings. The number of carbonyl (C=O) groups is 1. The van der Waals surface area contributed by atoms with Gasteiger partial charge in [-0.1, -0.05) is 18.9 Å². The van der Waals surface area contributed by atoms with E-state index in [9.17, 15) is 4.79 Å². The Kier molecular flexibility index (Phi) is 5.70. The van der Waals surface area contributed by atoms with Crippen LogP contribution >= 0.6 is 0 Å². The molecule has 0 radical (unpaired) electrons. The summed E-state index contributed by atoms with van der Waals surface area (Å²) in [6.07, 6.45) is 4.35. The minimum Gasteiger partial charge on any atom is -0.493 e. The van der Waals surface area contributed by atoms with Gasteiger partial charge in [0.1, 0.15) is 0 Å². The van der Waals surface area contributed by atoms with Crippen LogP contribution in [0.3, 0.4) is 0 Å². The zero-order chi connectivity index (χ0) is 20.6. The van der Waals surface area contributed by atoms with Crippen LogP contribution in [0.5, 0.6) is 11.5 Å². The quantitative estimate of drug-likeness (QED) is 0.758. The first-order chi connectivity index (χ1) is 13.1. The Morgan fingerprint density at radius 3 is 2.25 bits per heavy atom. The zero-order valence-electron chi connectivity index (χ0n) is 17.9. The van der Waals surface area contributed by atoms with Gasteiger partial charge < -0.3 is 24.1 Å². The maximum atomic E-state index is 12.3. The summed E-state index contributed by atoms with van der Waals surface area (Å²) >= 11 is 0. The van der Waals surface area contributed by atoms with Gasteiger partial charge in [0.25, 0.3) is 5.91 Å². The molecule has 2 aliphatic rings. The van der Waals surface area contributed by atoms with Crippen molar-refractivity contribution in [3.8, 4) is 11.5 Å². The highest BCUT2D eigenvalue weighted by atomic mass is 16.7. The van der Waals surface area contributed by atoms with Gasteiger partial charge in [-0.15, -0.1) is 0 Å². The fourth-order valence-corrected chi connectivity index (χ4v) is 3.73. The molecule has 7 heteroatoms. The van der Waals surface area contributed by atoms with Gasteiger partial charge in [0.05, 0.1) is 18.3 Å². The van der Waals surface area contributed by atoms with Crippen LogP contribution in [0.4, 0.5) is 0 Å². The normalized spacial score (nSPS) is 22.1. The molecule has 6 nitrogen and oxygen atoms in total. The van der Waals surface area contributed by atoms with E-state index in [0.29, 0.717) is 11.5 Å². The number of hydrogen-bond donors (Lipinski definition) is 1. The van der Waals surface area contributed by atoms with E-state index in [4.69, 9.17) is 18.8 Å². The number of benzene rings is 1. The Labute approximate surface area is 168 Å². The molecule has 0 unspecified atom stereocenters. The molecular formula is C21H32BNO5. The van der Waals surface area contributed by atoms with Crippen LogP contribution in [-0.4, -0.2) is 43.5 Å². The van der Waals surface area contributed by atoms with Crippen molar-refractivity contribution >= 4 is 18.5 Å². The molecule has 1 saturated heterocycles. The lowest BCUT2D eigenvalue weighted by atomic mass is 9.79. The Bertz CT molecular complexity index is 712. The van der Waals surface area contributed by atoms with Gasteiger partial charge in [-0.3, -0.25) is 4.79 Å². The predicted octanol–water partition coefficient (Wildman–Crippen LogP) is 2.82. The maximum absolute atomic E-state index is 12.3. The Morgan fingerprint density at radius 1 is 1.07 bits per heavy atom. The highest BCUT2D eigenvalue weighted by Crippen LogP contribution is 2.37. The first-order valence-corrected chi connectivity index (χ1v) is 10.0. The fraction of sp³-hybridized carbons (Fsp3) is 0.667. The summed E-state index contributed by atoms with van der Waals surface area (Å²) in [6, 6.07) is 5.52. The number of rotatable bonds is 6. The van der Waals surface area contributed by atoms with Gasteiger partial charge in [-0.05, 0) is 65.1 Å². The summed E-state index contributed by atoms with van der Waals surface area (Å²) in [6.45, 7) is 10.1. The minimum atomic E-state index is -0.474. The lowest BCUT2D eigenvalue weighted by Gasteiger charge is -2.32. The summed E-state index contributed by atoms with van der Waals surface area (Å²) in [7, 11) is 1.11. The maximum Gasteiger partial charge on any atom is 0.494 e. The number of nitrogens with one attached hydrogen (secondary N) is 1. The fourth-order valence-electron chi connectivity index (χ4n) is 3.73. The summed E-state index contributed by atoms with van der Waals surface area (Å²) < 4.78 is 23.4. The highest BCUT2D eigenvalue weighted by Gasteiger charge is 2.51. The van der Waals surface area contributed by atoms with Crippen molar-refractivity contribution in [1.82, 2.24) is 5.32 Å². The second kappa shape index (κ2) is 7.60. The molecule has 1 heterocycles. The average Bonchev–Trinajstić information content (AvgIpc) is 3.13. The lowest BCUT2D eigenvalue weighted by molar-refractivity contribution is -0.124. The summed E-state index contributed by atoms with van der Waals surface area (Å²) in [5.41, 5.74) is -0.0699. The second-order valence-electron chi connectivity index (χ2n) is 9.10. The van der Waals surface area contributed by atoms with Crippen molar-refractivity contribution in [2.45, 2.75) is 77.0 Å².